The zero-order valence-corrected chi connectivity index (χ0v) is 12.4. The van der Waals surface area contributed by atoms with Crippen molar-refractivity contribution in [2.45, 2.75) is 26.3 Å². The molecule has 0 bridgehead atoms. The first kappa shape index (κ1) is 13.9. The summed E-state index contributed by atoms with van der Waals surface area (Å²) in [5.41, 5.74) is 4.80. The summed E-state index contributed by atoms with van der Waals surface area (Å²) < 4.78 is 0. The van der Waals surface area contributed by atoms with E-state index in [4.69, 9.17) is 11.6 Å². The Balaban J connectivity index is 2.18. The molecule has 2 rings (SSSR count). The first-order chi connectivity index (χ1) is 9.10. The van der Waals surface area contributed by atoms with Crippen LogP contribution < -0.4 is 4.90 Å². The maximum absolute atomic E-state index is 5.82. The molecule has 0 saturated heterocycles. The van der Waals surface area contributed by atoms with Crippen molar-refractivity contribution in [2.75, 3.05) is 11.9 Å². The van der Waals surface area contributed by atoms with Gasteiger partial charge >= 0.3 is 0 Å². The molecule has 0 unspecified atom stereocenters. The minimum absolute atomic E-state index is 0.510. The fourth-order valence-corrected chi connectivity index (χ4v) is 2.40. The predicted molar refractivity (Wildman–Crippen MR) is 81.8 cm³/mol. The minimum atomic E-state index is 0.510. The summed E-state index contributed by atoms with van der Waals surface area (Å²) in [6.07, 6.45) is 1.85. The van der Waals surface area contributed by atoms with Gasteiger partial charge in [-0.05, 0) is 36.6 Å². The molecule has 3 heteroatoms. The number of halogens is 1. The van der Waals surface area contributed by atoms with E-state index in [9.17, 15) is 0 Å². The lowest BCUT2D eigenvalue weighted by atomic mass is 10.1. The zero-order valence-electron chi connectivity index (χ0n) is 11.7. The number of hydrogen-bond donors (Lipinski definition) is 0. The quantitative estimate of drug-likeness (QED) is 0.781. The molecule has 2 nitrogen and oxygen atoms in total. The van der Waals surface area contributed by atoms with Crippen LogP contribution in [-0.4, -0.2) is 12.0 Å². The topological polar surface area (TPSA) is 16.1 Å². The molecule has 0 N–H and O–H groups in total. The van der Waals surface area contributed by atoms with E-state index in [1.165, 1.54) is 11.1 Å². The van der Waals surface area contributed by atoms with Gasteiger partial charge in [0, 0.05) is 25.7 Å². The van der Waals surface area contributed by atoms with Gasteiger partial charge in [0.2, 0.25) is 0 Å². The Bertz CT molecular complexity index is 566. The Labute approximate surface area is 120 Å². The van der Waals surface area contributed by atoms with Crippen LogP contribution in [0, 0.1) is 13.8 Å². The molecular formula is C16H19ClN2. The second kappa shape index (κ2) is 6.07. The fraction of sp³-hybridized carbons (Fsp3) is 0.312. The summed E-state index contributed by atoms with van der Waals surface area (Å²) in [4.78, 5) is 6.68. The van der Waals surface area contributed by atoms with Gasteiger partial charge in [0.1, 0.15) is 5.82 Å². The standard InChI is InChI=1S/C16H19ClN2/c1-12-5-4-6-14(7-12)11-19(3)16-13(2)8-15(9-17)10-18-16/h4-8,10H,9,11H2,1-3H3. The van der Waals surface area contributed by atoms with Gasteiger partial charge < -0.3 is 4.90 Å². The minimum Gasteiger partial charge on any atom is -0.355 e. The molecule has 1 aromatic heterocycles. The number of pyridine rings is 1. The van der Waals surface area contributed by atoms with E-state index < -0.39 is 0 Å². The maximum atomic E-state index is 5.82. The van der Waals surface area contributed by atoms with Crippen LogP contribution in [0.2, 0.25) is 0 Å². The number of benzene rings is 1. The molecule has 0 aliphatic carbocycles. The zero-order chi connectivity index (χ0) is 13.8. The third kappa shape index (κ3) is 3.48. The lowest BCUT2D eigenvalue weighted by Crippen LogP contribution is -2.19. The van der Waals surface area contributed by atoms with Crippen LogP contribution >= 0.6 is 11.6 Å². The van der Waals surface area contributed by atoms with Gasteiger partial charge in [-0.25, -0.2) is 4.98 Å². The third-order valence-corrected chi connectivity index (χ3v) is 3.43. The highest BCUT2D eigenvalue weighted by molar-refractivity contribution is 6.17. The van der Waals surface area contributed by atoms with Crippen molar-refractivity contribution >= 4 is 17.4 Å². The Morgan fingerprint density at radius 3 is 2.58 bits per heavy atom. The summed E-state index contributed by atoms with van der Waals surface area (Å²) >= 11 is 5.82. The number of hydrogen-bond acceptors (Lipinski definition) is 2. The predicted octanol–water partition coefficient (Wildman–Crippen LogP) is 4.07. The van der Waals surface area contributed by atoms with E-state index in [1.807, 2.05) is 6.20 Å². The first-order valence-corrected chi connectivity index (χ1v) is 6.92. The first-order valence-electron chi connectivity index (χ1n) is 6.38. The summed E-state index contributed by atoms with van der Waals surface area (Å²) in [6.45, 7) is 5.04. The number of nitrogens with zero attached hydrogens (tertiary/aromatic N) is 2. The second-order valence-corrected chi connectivity index (χ2v) is 5.23. The smallest absolute Gasteiger partial charge is 0.131 e. The number of rotatable bonds is 4. The van der Waals surface area contributed by atoms with Crippen molar-refractivity contribution < 1.29 is 0 Å². The normalized spacial score (nSPS) is 10.5. The molecule has 0 aliphatic rings. The van der Waals surface area contributed by atoms with Crippen molar-refractivity contribution in [3.63, 3.8) is 0 Å². The van der Waals surface area contributed by atoms with Gasteiger partial charge in [-0.2, -0.15) is 0 Å². The lowest BCUT2D eigenvalue weighted by Gasteiger charge is -2.20. The molecule has 0 atom stereocenters. The number of aromatic nitrogens is 1. The lowest BCUT2D eigenvalue weighted by molar-refractivity contribution is 0.887. The van der Waals surface area contributed by atoms with E-state index in [0.717, 1.165) is 23.5 Å². The molecule has 0 radical (unpaired) electrons. The highest BCUT2D eigenvalue weighted by Gasteiger charge is 2.07. The maximum Gasteiger partial charge on any atom is 0.131 e. The van der Waals surface area contributed by atoms with Crippen molar-refractivity contribution in [3.05, 3.63) is 58.8 Å². The van der Waals surface area contributed by atoms with Crippen LogP contribution in [0.4, 0.5) is 5.82 Å². The Kier molecular flexibility index (Phi) is 4.43. The van der Waals surface area contributed by atoms with Crippen molar-refractivity contribution in [1.82, 2.24) is 4.98 Å². The van der Waals surface area contributed by atoms with E-state index >= 15 is 0 Å². The summed E-state index contributed by atoms with van der Waals surface area (Å²) in [5.74, 6) is 1.52. The van der Waals surface area contributed by atoms with Crippen molar-refractivity contribution in [3.8, 4) is 0 Å². The molecule has 0 fully saturated rings. The van der Waals surface area contributed by atoms with Crippen LogP contribution in [0.3, 0.4) is 0 Å². The van der Waals surface area contributed by atoms with Crippen LogP contribution in [0.25, 0.3) is 0 Å². The molecule has 0 spiro atoms. The fourth-order valence-electron chi connectivity index (χ4n) is 2.26. The van der Waals surface area contributed by atoms with E-state index in [-0.39, 0.29) is 0 Å². The van der Waals surface area contributed by atoms with Gasteiger partial charge in [-0.3, -0.25) is 0 Å². The molecule has 0 amide bonds. The highest BCUT2D eigenvalue weighted by Crippen LogP contribution is 2.19. The van der Waals surface area contributed by atoms with Gasteiger partial charge in [-0.15, -0.1) is 11.6 Å². The van der Waals surface area contributed by atoms with E-state index in [1.54, 1.807) is 0 Å². The Morgan fingerprint density at radius 2 is 1.95 bits per heavy atom. The molecule has 1 aromatic carbocycles. The molecule has 100 valence electrons. The van der Waals surface area contributed by atoms with Crippen molar-refractivity contribution in [1.29, 1.82) is 0 Å². The molecule has 19 heavy (non-hydrogen) atoms. The average molecular weight is 275 g/mol. The Morgan fingerprint density at radius 1 is 1.16 bits per heavy atom. The van der Waals surface area contributed by atoms with Gasteiger partial charge in [0.15, 0.2) is 0 Å². The summed E-state index contributed by atoms with van der Waals surface area (Å²) in [5, 5.41) is 0. The number of aryl methyl sites for hydroxylation is 2. The molecule has 2 aromatic rings. The average Bonchev–Trinajstić information content (AvgIpc) is 2.38. The number of alkyl halides is 1. The van der Waals surface area contributed by atoms with Crippen LogP contribution in [0.1, 0.15) is 22.3 Å². The van der Waals surface area contributed by atoms with E-state index in [0.29, 0.717) is 5.88 Å². The third-order valence-electron chi connectivity index (χ3n) is 3.13. The second-order valence-electron chi connectivity index (χ2n) is 4.96. The van der Waals surface area contributed by atoms with E-state index in [2.05, 4.69) is 61.1 Å². The summed E-state index contributed by atoms with van der Waals surface area (Å²) in [7, 11) is 2.07. The number of anilines is 1. The Hall–Kier alpha value is -1.54. The van der Waals surface area contributed by atoms with Gasteiger partial charge in [0.25, 0.3) is 0 Å². The van der Waals surface area contributed by atoms with Crippen LogP contribution in [0.5, 0.6) is 0 Å². The largest absolute Gasteiger partial charge is 0.355 e. The molecule has 0 aliphatic heterocycles. The monoisotopic (exact) mass is 274 g/mol. The molecule has 0 saturated carbocycles. The highest BCUT2D eigenvalue weighted by atomic mass is 35.5. The molecule has 1 heterocycles. The van der Waals surface area contributed by atoms with Gasteiger partial charge in [-0.1, -0.05) is 29.8 Å². The van der Waals surface area contributed by atoms with Crippen LogP contribution in [-0.2, 0) is 12.4 Å². The molecular weight excluding hydrogens is 256 g/mol. The van der Waals surface area contributed by atoms with Crippen molar-refractivity contribution in [2.24, 2.45) is 0 Å². The summed E-state index contributed by atoms with van der Waals surface area (Å²) in [6, 6.07) is 10.7. The SMILES string of the molecule is Cc1cccc(CN(C)c2ncc(CCl)cc2C)c1. The van der Waals surface area contributed by atoms with Crippen LogP contribution in [0.15, 0.2) is 36.5 Å². The van der Waals surface area contributed by atoms with Gasteiger partial charge in [0.05, 0.1) is 0 Å².